The van der Waals surface area contributed by atoms with Gasteiger partial charge in [-0.3, -0.25) is 0 Å². The quantitative estimate of drug-likeness (QED) is 0.347. The fraction of sp³-hybridized carbons (Fsp3) is 0.0417. The van der Waals surface area contributed by atoms with Crippen LogP contribution in [-0.2, 0) is 0 Å². The first-order valence-electron chi connectivity index (χ1n) is 9.84. The highest BCUT2D eigenvalue weighted by Crippen LogP contribution is 2.29. The summed E-state index contributed by atoms with van der Waals surface area (Å²) < 4.78 is 1.86. The predicted molar refractivity (Wildman–Crippen MR) is 126 cm³/mol. The van der Waals surface area contributed by atoms with Crippen LogP contribution in [0.3, 0.4) is 0 Å². The van der Waals surface area contributed by atoms with Gasteiger partial charge in [-0.1, -0.05) is 41.9 Å². The Bertz CT molecular complexity index is 1350. The standard InChI is InChI=1S/C24H19ClN6/c1-16-15-22(31(30-16)19-7-3-2-4-8-19)29-24-23(26-18-13-11-17(25)12-14-18)27-20-9-5-6-10-21(20)28-24/h2-15H,1H3,(H,26,27)(H,28,29). The maximum absolute atomic E-state index is 6.03. The van der Waals surface area contributed by atoms with E-state index in [0.29, 0.717) is 16.7 Å². The summed E-state index contributed by atoms with van der Waals surface area (Å²) in [6, 6.07) is 27.2. The van der Waals surface area contributed by atoms with Crippen LogP contribution < -0.4 is 10.6 Å². The number of fused-ring (bicyclic) bond motifs is 1. The van der Waals surface area contributed by atoms with Crippen LogP contribution in [0.4, 0.5) is 23.1 Å². The first kappa shape index (κ1) is 19.1. The molecule has 2 aromatic heterocycles. The fourth-order valence-electron chi connectivity index (χ4n) is 3.32. The molecule has 0 atom stereocenters. The zero-order chi connectivity index (χ0) is 21.2. The van der Waals surface area contributed by atoms with Crippen molar-refractivity contribution in [1.29, 1.82) is 0 Å². The van der Waals surface area contributed by atoms with E-state index >= 15 is 0 Å². The number of nitrogens with zero attached hydrogens (tertiary/aromatic N) is 4. The summed E-state index contributed by atoms with van der Waals surface area (Å²) in [5, 5.41) is 12.1. The molecule has 0 spiro atoms. The molecule has 0 amide bonds. The number of aryl methyl sites for hydroxylation is 1. The highest BCUT2D eigenvalue weighted by molar-refractivity contribution is 6.30. The lowest BCUT2D eigenvalue weighted by Crippen LogP contribution is -2.07. The molecular formula is C24H19ClN6. The van der Waals surface area contributed by atoms with Crippen molar-refractivity contribution in [2.24, 2.45) is 0 Å². The van der Waals surface area contributed by atoms with Crippen molar-refractivity contribution in [2.75, 3.05) is 10.6 Å². The summed E-state index contributed by atoms with van der Waals surface area (Å²) >= 11 is 6.03. The fourth-order valence-corrected chi connectivity index (χ4v) is 3.45. The van der Waals surface area contributed by atoms with Crippen molar-refractivity contribution in [1.82, 2.24) is 19.7 Å². The lowest BCUT2D eigenvalue weighted by atomic mass is 10.3. The maximum Gasteiger partial charge on any atom is 0.175 e. The second-order valence-corrected chi connectivity index (χ2v) is 7.52. The van der Waals surface area contributed by atoms with Crippen molar-refractivity contribution >= 4 is 45.8 Å². The van der Waals surface area contributed by atoms with Gasteiger partial charge in [-0.05, 0) is 55.5 Å². The number of para-hydroxylation sites is 3. The van der Waals surface area contributed by atoms with Crippen LogP contribution in [-0.4, -0.2) is 19.7 Å². The minimum Gasteiger partial charge on any atom is -0.337 e. The number of hydrogen-bond donors (Lipinski definition) is 2. The average Bonchev–Trinajstić information content (AvgIpc) is 3.16. The van der Waals surface area contributed by atoms with Crippen LogP contribution in [0.5, 0.6) is 0 Å². The molecule has 152 valence electrons. The molecule has 0 fully saturated rings. The van der Waals surface area contributed by atoms with Gasteiger partial charge in [0.2, 0.25) is 0 Å². The Morgan fingerprint density at radius 2 is 1.35 bits per heavy atom. The molecule has 0 bridgehead atoms. The lowest BCUT2D eigenvalue weighted by Gasteiger charge is -2.14. The first-order valence-corrected chi connectivity index (χ1v) is 10.2. The third kappa shape index (κ3) is 4.06. The lowest BCUT2D eigenvalue weighted by molar-refractivity contribution is 0.868. The van der Waals surface area contributed by atoms with Gasteiger partial charge in [-0.2, -0.15) is 5.10 Å². The molecule has 2 heterocycles. The van der Waals surface area contributed by atoms with Crippen molar-refractivity contribution in [3.8, 4) is 5.69 Å². The van der Waals surface area contributed by atoms with Gasteiger partial charge < -0.3 is 10.6 Å². The number of benzene rings is 3. The molecule has 5 aromatic rings. The zero-order valence-corrected chi connectivity index (χ0v) is 17.5. The van der Waals surface area contributed by atoms with Crippen LogP contribution in [0.1, 0.15) is 5.69 Å². The summed E-state index contributed by atoms with van der Waals surface area (Å²) in [5.41, 5.74) is 4.32. The first-order chi connectivity index (χ1) is 15.2. The van der Waals surface area contributed by atoms with Gasteiger partial charge in [0, 0.05) is 16.8 Å². The van der Waals surface area contributed by atoms with Crippen LogP contribution in [0, 0.1) is 6.92 Å². The SMILES string of the molecule is Cc1cc(Nc2nc3ccccc3nc2Nc2ccc(Cl)cc2)n(-c2ccccc2)n1. The highest BCUT2D eigenvalue weighted by Gasteiger charge is 2.14. The number of nitrogens with one attached hydrogen (secondary N) is 2. The van der Waals surface area contributed by atoms with E-state index in [1.807, 2.05) is 96.5 Å². The van der Waals surface area contributed by atoms with Crippen LogP contribution in [0.15, 0.2) is 84.9 Å². The number of halogens is 1. The molecule has 0 unspecified atom stereocenters. The Balaban J connectivity index is 1.58. The van der Waals surface area contributed by atoms with Crippen LogP contribution in [0.25, 0.3) is 16.7 Å². The topological polar surface area (TPSA) is 67.7 Å². The summed E-state index contributed by atoms with van der Waals surface area (Å²) in [5.74, 6) is 2.01. The summed E-state index contributed by atoms with van der Waals surface area (Å²) in [4.78, 5) is 9.62. The summed E-state index contributed by atoms with van der Waals surface area (Å²) in [6.45, 7) is 1.96. The number of rotatable bonds is 5. The molecule has 0 aliphatic carbocycles. The predicted octanol–water partition coefficient (Wildman–Crippen LogP) is 6.26. The molecule has 3 aromatic carbocycles. The third-order valence-electron chi connectivity index (χ3n) is 4.76. The van der Waals surface area contributed by atoms with Gasteiger partial charge >= 0.3 is 0 Å². The Hall–Kier alpha value is -3.90. The van der Waals surface area contributed by atoms with Gasteiger partial charge in [-0.25, -0.2) is 14.6 Å². The molecule has 6 nitrogen and oxygen atoms in total. The molecule has 2 N–H and O–H groups in total. The minimum absolute atomic E-state index is 0.603. The number of anilines is 4. The molecule has 0 saturated heterocycles. The molecule has 7 heteroatoms. The number of aromatic nitrogens is 4. The van der Waals surface area contributed by atoms with E-state index in [1.54, 1.807) is 0 Å². The van der Waals surface area contributed by atoms with Gasteiger partial charge in [-0.15, -0.1) is 0 Å². The monoisotopic (exact) mass is 426 g/mol. The van der Waals surface area contributed by atoms with Gasteiger partial charge in [0.15, 0.2) is 11.6 Å². The molecule has 0 radical (unpaired) electrons. The van der Waals surface area contributed by atoms with Crippen molar-refractivity contribution in [3.05, 3.63) is 95.6 Å². The Kier molecular flexibility index (Phi) is 4.98. The van der Waals surface area contributed by atoms with Crippen molar-refractivity contribution in [3.63, 3.8) is 0 Å². The van der Waals surface area contributed by atoms with Crippen molar-refractivity contribution in [2.45, 2.75) is 6.92 Å². The second-order valence-electron chi connectivity index (χ2n) is 7.08. The third-order valence-corrected chi connectivity index (χ3v) is 5.01. The van der Waals surface area contributed by atoms with E-state index in [9.17, 15) is 0 Å². The summed E-state index contributed by atoms with van der Waals surface area (Å²) in [7, 11) is 0. The van der Waals surface area contributed by atoms with Gasteiger partial charge in [0.25, 0.3) is 0 Å². The highest BCUT2D eigenvalue weighted by atomic mass is 35.5. The second kappa shape index (κ2) is 8.08. The molecule has 0 aliphatic rings. The molecule has 31 heavy (non-hydrogen) atoms. The van der Waals surface area contributed by atoms with E-state index < -0.39 is 0 Å². The maximum atomic E-state index is 6.03. The normalized spacial score (nSPS) is 10.9. The minimum atomic E-state index is 0.603. The van der Waals surface area contributed by atoms with E-state index in [2.05, 4.69) is 15.7 Å². The van der Waals surface area contributed by atoms with E-state index in [-0.39, 0.29) is 0 Å². The molecular weight excluding hydrogens is 408 g/mol. The van der Waals surface area contributed by atoms with Crippen molar-refractivity contribution < 1.29 is 0 Å². The van der Waals surface area contributed by atoms with E-state index in [1.165, 1.54) is 0 Å². The summed E-state index contributed by atoms with van der Waals surface area (Å²) in [6.07, 6.45) is 0. The van der Waals surface area contributed by atoms with Crippen LogP contribution >= 0.6 is 11.6 Å². The Morgan fingerprint density at radius 3 is 2.03 bits per heavy atom. The van der Waals surface area contributed by atoms with E-state index in [4.69, 9.17) is 21.6 Å². The molecule has 5 rings (SSSR count). The zero-order valence-electron chi connectivity index (χ0n) is 16.7. The van der Waals surface area contributed by atoms with Gasteiger partial charge in [0.05, 0.1) is 22.4 Å². The Morgan fingerprint density at radius 1 is 0.742 bits per heavy atom. The average molecular weight is 427 g/mol. The molecule has 0 saturated carbocycles. The number of hydrogen-bond acceptors (Lipinski definition) is 5. The largest absolute Gasteiger partial charge is 0.337 e. The Labute approximate surface area is 184 Å². The van der Waals surface area contributed by atoms with Gasteiger partial charge in [0.1, 0.15) is 5.82 Å². The molecule has 0 aliphatic heterocycles. The van der Waals surface area contributed by atoms with Crippen LogP contribution in [0.2, 0.25) is 5.02 Å². The smallest absolute Gasteiger partial charge is 0.175 e. The van der Waals surface area contributed by atoms with E-state index in [0.717, 1.165) is 33.9 Å².